The van der Waals surface area contributed by atoms with E-state index in [-0.39, 0.29) is 5.91 Å². The zero-order valence-corrected chi connectivity index (χ0v) is 14.9. The average molecular weight is 389 g/mol. The van der Waals surface area contributed by atoms with Crippen molar-refractivity contribution in [2.24, 2.45) is 0 Å². The molecule has 1 aromatic carbocycles. The minimum Gasteiger partial charge on any atom is -0.495 e. The first kappa shape index (κ1) is 16.3. The summed E-state index contributed by atoms with van der Waals surface area (Å²) in [5.74, 6) is 0.609. The van der Waals surface area contributed by atoms with E-state index in [1.165, 1.54) is 11.3 Å². The summed E-state index contributed by atoms with van der Waals surface area (Å²) in [4.78, 5) is 13.2. The van der Waals surface area contributed by atoms with Crippen LogP contribution in [0, 0.1) is 6.92 Å². The number of aryl methyl sites for hydroxylation is 2. The number of carbonyl (C=O) groups is 1. The predicted molar refractivity (Wildman–Crippen MR) is 91.7 cm³/mol. The first-order chi connectivity index (χ1) is 9.99. The van der Waals surface area contributed by atoms with Gasteiger partial charge in [0.25, 0.3) is 0 Å². The zero-order chi connectivity index (χ0) is 15.4. The maximum Gasteiger partial charge on any atom is 0.224 e. The van der Waals surface area contributed by atoms with Gasteiger partial charge in [-0.15, -0.1) is 11.3 Å². The van der Waals surface area contributed by atoms with E-state index in [0.717, 1.165) is 24.9 Å². The Bertz CT molecular complexity index is 657. The smallest absolute Gasteiger partial charge is 0.224 e. The van der Waals surface area contributed by atoms with Crippen molar-refractivity contribution in [3.8, 4) is 5.75 Å². The molecule has 1 amide bonds. The zero-order valence-electron chi connectivity index (χ0n) is 11.7. The fourth-order valence-electron chi connectivity index (χ4n) is 1.96. The van der Waals surface area contributed by atoms with Gasteiger partial charge in [-0.2, -0.15) is 0 Å². The summed E-state index contributed by atoms with van der Waals surface area (Å²) in [6, 6.07) is 7.58. The molecular formula is C15H15BrClNO2S. The molecule has 0 aliphatic carbocycles. The van der Waals surface area contributed by atoms with Gasteiger partial charge in [-0.3, -0.25) is 4.79 Å². The largest absolute Gasteiger partial charge is 0.495 e. The van der Waals surface area contributed by atoms with Gasteiger partial charge in [-0.05, 0) is 43.2 Å². The molecule has 1 aromatic heterocycles. The number of thiophene rings is 1. The van der Waals surface area contributed by atoms with Crippen molar-refractivity contribution in [2.75, 3.05) is 12.4 Å². The second-order valence-corrected chi connectivity index (χ2v) is 7.27. The van der Waals surface area contributed by atoms with Crippen molar-refractivity contribution in [3.63, 3.8) is 0 Å². The number of rotatable bonds is 5. The van der Waals surface area contributed by atoms with Crippen LogP contribution in [0.5, 0.6) is 5.75 Å². The maximum absolute atomic E-state index is 12.1. The highest BCUT2D eigenvalue weighted by molar-refractivity contribution is 9.10. The van der Waals surface area contributed by atoms with Crippen LogP contribution in [0.15, 0.2) is 28.7 Å². The molecule has 0 unspecified atom stereocenters. The maximum atomic E-state index is 12.1. The fourth-order valence-corrected chi connectivity index (χ4v) is 3.60. The topological polar surface area (TPSA) is 38.3 Å². The van der Waals surface area contributed by atoms with Gasteiger partial charge in [-0.1, -0.05) is 27.5 Å². The van der Waals surface area contributed by atoms with Gasteiger partial charge in [0, 0.05) is 15.8 Å². The highest BCUT2D eigenvalue weighted by Gasteiger charge is 2.12. The number of carbonyl (C=O) groups excluding carboxylic acids is 1. The summed E-state index contributed by atoms with van der Waals surface area (Å²) in [5, 5.41) is 2.92. The Balaban J connectivity index is 2.02. The van der Waals surface area contributed by atoms with Crippen molar-refractivity contribution >= 4 is 50.5 Å². The van der Waals surface area contributed by atoms with Gasteiger partial charge in [-0.25, -0.2) is 0 Å². The van der Waals surface area contributed by atoms with E-state index >= 15 is 0 Å². The van der Waals surface area contributed by atoms with Crippen LogP contribution in [-0.2, 0) is 11.2 Å². The Hall–Kier alpha value is -1.04. The van der Waals surface area contributed by atoms with Gasteiger partial charge < -0.3 is 10.1 Å². The minimum atomic E-state index is -0.0387. The molecule has 0 spiro atoms. The third-order valence-electron chi connectivity index (χ3n) is 2.98. The summed E-state index contributed by atoms with van der Waals surface area (Å²) < 4.78 is 6.98. The molecule has 0 saturated heterocycles. The van der Waals surface area contributed by atoms with Crippen LogP contribution in [0.1, 0.15) is 16.9 Å². The lowest BCUT2D eigenvalue weighted by atomic mass is 10.1. The van der Waals surface area contributed by atoms with E-state index < -0.39 is 0 Å². The Morgan fingerprint density at radius 2 is 2.19 bits per heavy atom. The number of nitrogens with one attached hydrogen (secondary N) is 1. The van der Waals surface area contributed by atoms with Gasteiger partial charge in [0.2, 0.25) is 5.91 Å². The monoisotopic (exact) mass is 387 g/mol. The Kier molecular flexibility index (Phi) is 5.67. The van der Waals surface area contributed by atoms with Crippen molar-refractivity contribution in [3.05, 3.63) is 43.5 Å². The van der Waals surface area contributed by atoms with Crippen LogP contribution in [0.2, 0.25) is 4.34 Å². The quantitative estimate of drug-likeness (QED) is 0.778. The molecule has 0 bridgehead atoms. The summed E-state index contributed by atoms with van der Waals surface area (Å²) in [6.45, 7) is 1.93. The lowest BCUT2D eigenvalue weighted by molar-refractivity contribution is -0.116. The molecule has 112 valence electrons. The van der Waals surface area contributed by atoms with E-state index in [1.807, 2.05) is 31.2 Å². The Labute approximate surface area is 141 Å². The fraction of sp³-hybridized carbons (Fsp3) is 0.267. The number of anilines is 1. The molecular weight excluding hydrogens is 374 g/mol. The molecule has 6 heteroatoms. The molecule has 1 heterocycles. The SMILES string of the molecule is COc1cc(Br)cc(C)c1NC(=O)CCc1ccc(Cl)s1. The number of halogens is 2. The van der Waals surface area contributed by atoms with Crippen molar-refractivity contribution in [2.45, 2.75) is 19.8 Å². The van der Waals surface area contributed by atoms with Gasteiger partial charge in [0.1, 0.15) is 5.75 Å². The third kappa shape index (κ3) is 4.46. The summed E-state index contributed by atoms with van der Waals surface area (Å²) in [6.07, 6.45) is 1.09. The van der Waals surface area contributed by atoms with E-state index in [1.54, 1.807) is 7.11 Å². The summed E-state index contributed by atoms with van der Waals surface area (Å²) in [5.41, 5.74) is 1.67. The number of hydrogen-bond acceptors (Lipinski definition) is 3. The second kappa shape index (κ2) is 7.29. The average Bonchev–Trinajstić information content (AvgIpc) is 2.85. The normalized spacial score (nSPS) is 10.5. The molecule has 0 fully saturated rings. The van der Waals surface area contributed by atoms with Crippen molar-refractivity contribution in [1.82, 2.24) is 0 Å². The van der Waals surface area contributed by atoms with Crippen LogP contribution in [0.3, 0.4) is 0 Å². The predicted octanol–water partition coefficient (Wildman–Crippen LogP) is 5.05. The first-order valence-electron chi connectivity index (χ1n) is 6.38. The van der Waals surface area contributed by atoms with Crippen LogP contribution in [-0.4, -0.2) is 13.0 Å². The van der Waals surface area contributed by atoms with E-state index in [0.29, 0.717) is 18.6 Å². The van der Waals surface area contributed by atoms with Crippen LogP contribution in [0.4, 0.5) is 5.69 Å². The summed E-state index contributed by atoms with van der Waals surface area (Å²) >= 11 is 10.8. The van der Waals surface area contributed by atoms with Gasteiger partial charge in [0.15, 0.2) is 0 Å². The van der Waals surface area contributed by atoms with Gasteiger partial charge in [0.05, 0.1) is 17.1 Å². The molecule has 3 nitrogen and oxygen atoms in total. The lowest BCUT2D eigenvalue weighted by Crippen LogP contribution is -2.14. The number of benzene rings is 1. The number of hydrogen-bond donors (Lipinski definition) is 1. The third-order valence-corrected chi connectivity index (χ3v) is 4.72. The minimum absolute atomic E-state index is 0.0387. The Morgan fingerprint density at radius 3 is 2.81 bits per heavy atom. The summed E-state index contributed by atoms with van der Waals surface area (Å²) in [7, 11) is 1.59. The van der Waals surface area contributed by atoms with E-state index in [2.05, 4.69) is 21.2 Å². The standard InChI is InChI=1S/C15H15BrClNO2S/c1-9-7-10(16)8-12(20-2)15(9)18-14(19)6-4-11-3-5-13(17)21-11/h3,5,7-8H,4,6H2,1-2H3,(H,18,19). The molecule has 0 atom stereocenters. The molecule has 0 radical (unpaired) electrons. The van der Waals surface area contributed by atoms with Crippen LogP contribution < -0.4 is 10.1 Å². The van der Waals surface area contributed by atoms with E-state index in [4.69, 9.17) is 16.3 Å². The molecule has 21 heavy (non-hydrogen) atoms. The van der Waals surface area contributed by atoms with Gasteiger partial charge >= 0.3 is 0 Å². The number of amides is 1. The molecule has 1 N–H and O–H groups in total. The lowest BCUT2D eigenvalue weighted by Gasteiger charge is -2.13. The highest BCUT2D eigenvalue weighted by atomic mass is 79.9. The molecule has 2 aromatic rings. The first-order valence-corrected chi connectivity index (χ1v) is 8.36. The van der Waals surface area contributed by atoms with Crippen molar-refractivity contribution in [1.29, 1.82) is 0 Å². The number of ether oxygens (including phenoxy) is 1. The molecule has 0 aliphatic rings. The van der Waals surface area contributed by atoms with Crippen LogP contribution in [0.25, 0.3) is 0 Å². The van der Waals surface area contributed by atoms with E-state index in [9.17, 15) is 4.79 Å². The molecule has 0 aliphatic heterocycles. The molecule has 0 saturated carbocycles. The van der Waals surface area contributed by atoms with Crippen molar-refractivity contribution < 1.29 is 9.53 Å². The van der Waals surface area contributed by atoms with Crippen LogP contribution >= 0.6 is 38.9 Å². The molecule has 2 rings (SSSR count). The second-order valence-electron chi connectivity index (χ2n) is 4.55. The number of methoxy groups -OCH3 is 1. The highest BCUT2D eigenvalue weighted by Crippen LogP contribution is 2.32. The Morgan fingerprint density at radius 1 is 1.43 bits per heavy atom.